The van der Waals surface area contributed by atoms with Crippen LogP contribution in [-0.4, -0.2) is 135 Å². The van der Waals surface area contributed by atoms with Gasteiger partial charge in [-0.25, -0.2) is 19.2 Å². The first-order valence-electron chi connectivity index (χ1n) is 20.2. The monoisotopic (exact) mass is 983 g/mol. The largest absolute Gasteiger partial charge is 0.506 e. The van der Waals surface area contributed by atoms with E-state index in [2.05, 4.69) is 57.7 Å². The number of aliphatic carboxylic acids is 2. The minimum atomic E-state index is -1.26. The zero-order valence-electron chi connectivity index (χ0n) is 33.9. The molecule has 18 nitrogen and oxygen atoms in total. The molecule has 6 amide bonds. The molecule has 0 bridgehead atoms. The zero-order valence-corrected chi connectivity index (χ0v) is 37.1. The number of hydrogen-bond donors (Lipinski definition) is 7. The van der Waals surface area contributed by atoms with Gasteiger partial charge in [-0.15, -0.1) is 0 Å². The SMILES string of the molecule is NCCCC[C@H](NC(=O)[C@@H](Cc1cc(Br)c(O)c(Br)c1)NC(=O)N1CCC(N2Cc3ccccc3NC2=O)CC1)C(=O)N1CCN(c2ccncc2)CC1.O=C(O)/C=C\C(=O)O. The first-order chi connectivity index (χ1) is 29.7. The molecule has 3 aliphatic rings. The van der Waals surface area contributed by atoms with Gasteiger partial charge < -0.3 is 56.6 Å². The second-order valence-corrected chi connectivity index (χ2v) is 16.6. The minimum absolute atomic E-state index is 0.0205. The van der Waals surface area contributed by atoms with Gasteiger partial charge in [-0.3, -0.25) is 14.6 Å². The van der Waals surface area contributed by atoms with Crippen LogP contribution in [0, 0.1) is 0 Å². The van der Waals surface area contributed by atoms with Gasteiger partial charge in [0, 0.05) is 94.2 Å². The van der Waals surface area contributed by atoms with Crippen LogP contribution >= 0.6 is 31.9 Å². The highest BCUT2D eigenvalue weighted by Crippen LogP contribution is 2.34. The van der Waals surface area contributed by atoms with Crippen molar-refractivity contribution in [3.05, 3.63) is 93.1 Å². The van der Waals surface area contributed by atoms with Crippen LogP contribution in [0.3, 0.4) is 0 Å². The number of aromatic hydroxyl groups is 1. The van der Waals surface area contributed by atoms with Crippen molar-refractivity contribution >= 4 is 79.0 Å². The van der Waals surface area contributed by atoms with Crippen molar-refractivity contribution in [2.24, 2.45) is 5.73 Å². The Hall–Kier alpha value is -5.73. The summed E-state index contributed by atoms with van der Waals surface area (Å²) in [7, 11) is 0. The Morgan fingerprint density at radius 2 is 1.48 bits per heavy atom. The number of aromatic nitrogens is 1. The van der Waals surface area contributed by atoms with E-state index in [0.717, 1.165) is 16.9 Å². The highest BCUT2D eigenvalue weighted by Gasteiger charge is 2.35. The van der Waals surface area contributed by atoms with E-state index in [1.54, 1.807) is 34.3 Å². The van der Waals surface area contributed by atoms with Crippen LogP contribution in [0.4, 0.5) is 21.0 Å². The predicted octanol–water partition coefficient (Wildman–Crippen LogP) is 4.12. The highest BCUT2D eigenvalue weighted by molar-refractivity contribution is 9.11. The number of carbonyl (C=O) groups excluding carboxylic acids is 4. The molecular formula is C42H51Br2N9O9. The van der Waals surface area contributed by atoms with Gasteiger partial charge in [0.25, 0.3) is 0 Å². The number of carbonyl (C=O) groups is 6. The van der Waals surface area contributed by atoms with Gasteiger partial charge in [0.15, 0.2) is 0 Å². The zero-order chi connectivity index (χ0) is 44.8. The van der Waals surface area contributed by atoms with E-state index in [1.165, 1.54) is 0 Å². The molecule has 62 heavy (non-hydrogen) atoms. The lowest BCUT2D eigenvalue weighted by Crippen LogP contribution is -2.59. The number of likely N-dealkylation sites (tertiary alicyclic amines) is 1. The van der Waals surface area contributed by atoms with Crippen molar-refractivity contribution in [2.75, 3.05) is 56.0 Å². The first-order valence-corrected chi connectivity index (χ1v) is 21.8. The Balaban J connectivity index is 0.000000826. The molecule has 332 valence electrons. The lowest BCUT2D eigenvalue weighted by Gasteiger charge is -2.40. The summed E-state index contributed by atoms with van der Waals surface area (Å²) >= 11 is 6.74. The second kappa shape index (κ2) is 22.9. The number of amides is 6. The average Bonchev–Trinajstić information content (AvgIpc) is 3.27. The summed E-state index contributed by atoms with van der Waals surface area (Å²) in [6.07, 6.45) is 7.65. The molecule has 3 aliphatic heterocycles. The number of para-hydroxylation sites is 1. The molecule has 8 N–H and O–H groups in total. The van der Waals surface area contributed by atoms with E-state index >= 15 is 0 Å². The lowest BCUT2D eigenvalue weighted by atomic mass is 10.0. The van der Waals surface area contributed by atoms with Gasteiger partial charge in [0.1, 0.15) is 17.8 Å². The van der Waals surface area contributed by atoms with Gasteiger partial charge >= 0.3 is 24.0 Å². The van der Waals surface area contributed by atoms with Gasteiger partial charge in [-0.1, -0.05) is 18.2 Å². The second-order valence-electron chi connectivity index (χ2n) is 14.9. The molecule has 3 aromatic rings. The summed E-state index contributed by atoms with van der Waals surface area (Å²) < 4.78 is 0.870. The summed E-state index contributed by atoms with van der Waals surface area (Å²) in [5.74, 6) is -3.14. The van der Waals surface area contributed by atoms with Gasteiger partial charge in [0.05, 0.1) is 8.95 Å². The number of carboxylic acids is 2. The Labute approximate surface area is 375 Å². The summed E-state index contributed by atoms with van der Waals surface area (Å²) in [5.41, 5.74) is 9.38. The number of fused-ring (bicyclic) bond motifs is 1. The first kappa shape index (κ1) is 47.3. The van der Waals surface area contributed by atoms with E-state index in [-0.39, 0.29) is 30.2 Å². The molecule has 2 aromatic carbocycles. The maximum atomic E-state index is 14.2. The number of piperazine rings is 1. The summed E-state index contributed by atoms with van der Waals surface area (Å²) in [4.78, 5) is 85.6. The third-order valence-corrected chi connectivity index (χ3v) is 11.9. The molecule has 0 unspecified atom stereocenters. The number of nitrogens with two attached hydrogens (primary N) is 1. The Bertz CT molecular complexity index is 2060. The van der Waals surface area contributed by atoms with Gasteiger partial charge in [-0.2, -0.15) is 0 Å². The van der Waals surface area contributed by atoms with Crippen molar-refractivity contribution in [1.29, 1.82) is 0 Å². The highest BCUT2D eigenvalue weighted by atomic mass is 79.9. The number of piperidine rings is 1. The third kappa shape index (κ3) is 13.4. The molecule has 2 atom stereocenters. The van der Waals surface area contributed by atoms with Crippen molar-refractivity contribution < 1.29 is 44.1 Å². The molecule has 1 aromatic heterocycles. The smallest absolute Gasteiger partial charge is 0.328 e. The molecule has 6 rings (SSSR count). The number of urea groups is 2. The molecule has 4 heterocycles. The predicted molar refractivity (Wildman–Crippen MR) is 237 cm³/mol. The topological polar surface area (TPSA) is 251 Å². The number of anilines is 2. The molecule has 0 radical (unpaired) electrons. The quantitative estimate of drug-likeness (QED) is 0.0891. The number of benzene rings is 2. The van der Waals surface area contributed by atoms with E-state index < -0.39 is 36.0 Å². The average molecular weight is 986 g/mol. The van der Waals surface area contributed by atoms with E-state index in [1.807, 2.05) is 41.3 Å². The fourth-order valence-corrected chi connectivity index (χ4v) is 8.73. The molecular weight excluding hydrogens is 934 g/mol. The molecule has 2 fully saturated rings. The number of pyridine rings is 1. The Morgan fingerprint density at radius 1 is 0.855 bits per heavy atom. The summed E-state index contributed by atoms with van der Waals surface area (Å²) in [6, 6.07) is 12.6. The summed E-state index contributed by atoms with van der Waals surface area (Å²) in [5, 5.41) is 34.9. The van der Waals surface area contributed by atoms with Crippen molar-refractivity contribution in [2.45, 2.75) is 63.2 Å². The van der Waals surface area contributed by atoms with Crippen LogP contribution in [0.25, 0.3) is 0 Å². The molecule has 20 heteroatoms. The van der Waals surface area contributed by atoms with Crippen LogP contribution in [0.5, 0.6) is 5.75 Å². The number of hydrogen-bond acceptors (Lipinski definition) is 10. The number of nitrogens with one attached hydrogen (secondary N) is 3. The van der Waals surface area contributed by atoms with Crippen molar-refractivity contribution in [3.63, 3.8) is 0 Å². The molecule has 2 saturated heterocycles. The number of halogens is 2. The lowest BCUT2D eigenvalue weighted by molar-refractivity contribution is -0.137. The fourth-order valence-electron chi connectivity index (χ4n) is 7.44. The number of unbranched alkanes of at least 4 members (excludes halogenated alkanes) is 1. The van der Waals surface area contributed by atoms with Crippen LogP contribution in [0.15, 0.2) is 82.0 Å². The van der Waals surface area contributed by atoms with Gasteiger partial charge in [-0.05, 0) is 112 Å². The Kier molecular flexibility index (Phi) is 17.5. The standard InChI is InChI=1S/C38H47Br2N9O5.C4H4O4/c39-29-21-25(22-30(40)34(29)50)23-33(45-37(53)48-15-10-28(11-16-48)49-24-26-5-1-2-6-31(26)44-38(49)54)35(51)43-32(7-3-4-12-41)36(52)47-19-17-46(18-20-47)27-8-13-42-14-9-27;5-3(6)1-2-4(7)8/h1-2,5-6,8-9,13-14,21-22,28,32-33,50H,3-4,7,10-12,15-20,23-24,41H2,(H,43,51)(H,44,54)(H,45,53);1-2H,(H,5,6)(H,7,8)/b;2-1-/t32-,33+;/m0./s1. The van der Waals surface area contributed by atoms with Crippen LogP contribution in [0.2, 0.25) is 0 Å². The third-order valence-electron chi connectivity index (χ3n) is 10.7. The minimum Gasteiger partial charge on any atom is -0.506 e. The molecule has 0 aliphatic carbocycles. The number of nitrogens with zero attached hydrogens (tertiary/aromatic N) is 5. The van der Waals surface area contributed by atoms with Crippen molar-refractivity contribution in [3.8, 4) is 5.75 Å². The van der Waals surface area contributed by atoms with Crippen molar-refractivity contribution in [1.82, 2.24) is 30.3 Å². The normalized spacial score (nSPS) is 16.3. The fraction of sp³-hybridized carbons (Fsp3) is 0.405. The van der Waals surface area contributed by atoms with Crippen LogP contribution < -0.4 is 26.6 Å². The Morgan fingerprint density at radius 3 is 2.10 bits per heavy atom. The number of rotatable bonds is 14. The van der Waals surface area contributed by atoms with Crippen LogP contribution in [-0.2, 0) is 32.1 Å². The molecule has 0 saturated carbocycles. The number of phenols is 1. The van der Waals surface area contributed by atoms with E-state index in [0.29, 0.717) is 111 Å². The molecule has 0 spiro atoms. The summed E-state index contributed by atoms with van der Waals surface area (Å²) in [6.45, 7) is 4.07. The number of carboxylic acid groups (broad SMARTS) is 2. The van der Waals surface area contributed by atoms with E-state index in [4.69, 9.17) is 15.9 Å². The van der Waals surface area contributed by atoms with Crippen LogP contribution in [0.1, 0.15) is 43.2 Å². The maximum absolute atomic E-state index is 14.2. The van der Waals surface area contributed by atoms with E-state index in [9.17, 15) is 33.9 Å². The number of phenolic OH excluding ortho intramolecular Hbond substituents is 1. The van der Waals surface area contributed by atoms with Gasteiger partial charge in [0.2, 0.25) is 11.8 Å². The maximum Gasteiger partial charge on any atom is 0.328 e.